The van der Waals surface area contributed by atoms with Crippen molar-refractivity contribution in [1.29, 1.82) is 10.5 Å². The topological polar surface area (TPSA) is 88.6 Å². The van der Waals surface area contributed by atoms with Crippen molar-refractivity contribution in [2.45, 2.75) is 0 Å². The van der Waals surface area contributed by atoms with Crippen molar-refractivity contribution in [3.8, 4) is 34.7 Å². The maximum atomic E-state index is 10.0. The van der Waals surface area contributed by atoms with Crippen molar-refractivity contribution in [3.05, 3.63) is 117 Å². The first-order valence-electron chi connectivity index (χ1n) is 13.8. The van der Waals surface area contributed by atoms with E-state index in [2.05, 4.69) is 21.8 Å². The van der Waals surface area contributed by atoms with Gasteiger partial charge in [0.15, 0.2) is 0 Å². The van der Waals surface area contributed by atoms with Crippen LogP contribution < -0.4 is 9.80 Å². The molecule has 0 aliphatic heterocycles. The molecule has 2 heterocycles. The van der Waals surface area contributed by atoms with Gasteiger partial charge in [-0.05, 0) is 70.8 Å². The SMILES string of the molecule is [C-]#[N+]/C(C#N)=C1/c2cc3c(cc2-c2nc4cc(N(C)C)ccc4cc21)/C(=C(/C#N)[N+]#[C-])c1cc2ccc(N(C)C)cc2nc1-3. The Morgan fingerprint density at radius 1 is 0.591 bits per heavy atom. The number of fused-ring (bicyclic) bond motifs is 8. The summed E-state index contributed by atoms with van der Waals surface area (Å²) in [4.78, 5) is 21.3. The minimum atomic E-state index is -0.0223. The standard InChI is InChI=1S/C36H22N8/c1-39-31(17-37)33-23-15-26-24(16-25(23)35-27(33)11-19-7-9-21(43(3)4)13-29(19)41-35)34(32(18-38)40-2)28-12-20-8-10-22(44(5)6)14-30(20)42-36(26)28/h7-16H,3-6H3/b33-31-,34-32+. The Bertz CT molecular complexity index is 2180. The Morgan fingerprint density at radius 3 is 1.34 bits per heavy atom. The van der Waals surface area contributed by atoms with Gasteiger partial charge in [-0.2, -0.15) is 0 Å². The Labute approximate surface area is 254 Å². The number of hydrogen-bond acceptors (Lipinski definition) is 6. The van der Waals surface area contributed by atoms with Crippen molar-refractivity contribution in [3.63, 3.8) is 0 Å². The van der Waals surface area contributed by atoms with E-state index in [4.69, 9.17) is 23.1 Å². The first-order chi connectivity index (χ1) is 21.3. The predicted molar refractivity (Wildman–Crippen MR) is 173 cm³/mol. The van der Waals surface area contributed by atoms with Crippen LogP contribution in [0.3, 0.4) is 0 Å². The van der Waals surface area contributed by atoms with Gasteiger partial charge in [0.05, 0.1) is 47.7 Å². The summed E-state index contributed by atoms with van der Waals surface area (Å²) in [5.41, 5.74) is 10.2. The van der Waals surface area contributed by atoms with Crippen molar-refractivity contribution < 1.29 is 0 Å². The number of rotatable bonds is 2. The lowest BCUT2D eigenvalue weighted by Gasteiger charge is -2.13. The summed E-state index contributed by atoms with van der Waals surface area (Å²) >= 11 is 0. The maximum Gasteiger partial charge on any atom is 0.270 e. The molecule has 0 radical (unpaired) electrons. The minimum absolute atomic E-state index is 0.0223. The molecule has 206 valence electrons. The molecular formula is C36H22N8. The van der Waals surface area contributed by atoms with Crippen LogP contribution in [-0.2, 0) is 0 Å². The molecule has 0 saturated carbocycles. The van der Waals surface area contributed by atoms with E-state index in [1.165, 1.54) is 0 Å². The van der Waals surface area contributed by atoms with Crippen LogP contribution in [0.2, 0.25) is 0 Å². The number of nitrogens with zero attached hydrogens (tertiary/aromatic N) is 8. The van der Waals surface area contributed by atoms with Crippen molar-refractivity contribution in [2.75, 3.05) is 38.0 Å². The van der Waals surface area contributed by atoms with Gasteiger partial charge in [-0.1, -0.05) is 12.1 Å². The van der Waals surface area contributed by atoms with E-state index >= 15 is 0 Å². The quantitative estimate of drug-likeness (QED) is 0.161. The molecule has 0 fully saturated rings. The highest BCUT2D eigenvalue weighted by Crippen LogP contribution is 2.53. The zero-order valence-electron chi connectivity index (χ0n) is 24.4. The summed E-state index contributed by atoms with van der Waals surface area (Å²) in [7, 11) is 7.88. The number of benzene rings is 3. The van der Waals surface area contributed by atoms with E-state index in [1.54, 1.807) is 0 Å². The molecule has 7 rings (SSSR count). The van der Waals surface area contributed by atoms with Gasteiger partial charge in [0.1, 0.15) is 0 Å². The molecule has 0 saturated heterocycles. The Hall–Kier alpha value is -6.48. The van der Waals surface area contributed by atoms with Gasteiger partial charge >= 0.3 is 0 Å². The van der Waals surface area contributed by atoms with E-state index in [0.717, 1.165) is 44.3 Å². The van der Waals surface area contributed by atoms with Crippen LogP contribution in [0.1, 0.15) is 22.3 Å². The number of allylic oxidation sites excluding steroid dienone is 2. The van der Waals surface area contributed by atoms with E-state index in [1.807, 2.05) is 98.7 Å². The van der Waals surface area contributed by atoms with Crippen LogP contribution in [0.25, 0.3) is 65.2 Å². The van der Waals surface area contributed by atoms with Crippen LogP contribution in [0.4, 0.5) is 11.4 Å². The average Bonchev–Trinajstić information content (AvgIpc) is 3.49. The number of pyridine rings is 2. The molecule has 2 aliphatic rings. The highest BCUT2D eigenvalue weighted by molar-refractivity contribution is 6.11. The Balaban J connectivity index is 1.58. The molecule has 0 unspecified atom stereocenters. The third-order valence-corrected chi connectivity index (χ3v) is 8.29. The smallest absolute Gasteiger partial charge is 0.270 e. The summed E-state index contributed by atoms with van der Waals surface area (Å²) in [6, 6.07) is 24.1. The third kappa shape index (κ3) is 3.66. The molecule has 5 aromatic rings. The second kappa shape index (κ2) is 9.53. The molecular weight excluding hydrogens is 544 g/mol. The van der Waals surface area contributed by atoms with Crippen LogP contribution in [0.15, 0.2) is 72.1 Å². The normalized spacial score (nSPS) is 14.4. The van der Waals surface area contributed by atoms with Crippen LogP contribution >= 0.6 is 0 Å². The van der Waals surface area contributed by atoms with Crippen molar-refractivity contribution >= 4 is 44.3 Å². The summed E-state index contributed by atoms with van der Waals surface area (Å²) in [6.07, 6.45) is 0. The molecule has 8 nitrogen and oxygen atoms in total. The summed E-state index contributed by atoms with van der Waals surface area (Å²) in [5.74, 6) is 0. The third-order valence-electron chi connectivity index (χ3n) is 8.29. The molecule has 2 aromatic heterocycles. The Morgan fingerprint density at radius 2 is 1.00 bits per heavy atom. The zero-order chi connectivity index (χ0) is 30.9. The van der Waals surface area contributed by atoms with Gasteiger partial charge in [0, 0.05) is 72.6 Å². The lowest BCUT2D eigenvalue weighted by atomic mass is 9.95. The van der Waals surface area contributed by atoms with E-state index in [9.17, 15) is 10.5 Å². The molecule has 8 heteroatoms. The Kier molecular flexibility index (Phi) is 5.72. The molecule has 2 aliphatic carbocycles. The fraction of sp³-hybridized carbons (Fsp3) is 0.111. The van der Waals surface area contributed by atoms with Crippen LogP contribution in [-0.4, -0.2) is 38.2 Å². The summed E-state index contributed by atoms with van der Waals surface area (Å²) < 4.78 is 0. The van der Waals surface area contributed by atoms with Gasteiger partial charge in [0.2, 0.25) is 0 Å². The van der Waals surface area contributed by atoms with Crippen LogP contribution in [0, 0.1) is 35.8 Å². The van der Waals surface area contributed by atoms with Crippen molar-refractivity contribution in [1.82, 2.24) is 9.97 Å². The molecule has 3 aromatic carbocycles. The first kappa shape index (κ1) is 26.4. The zero-order valence-corrected chi connectivity index (χ0v) is 24.4. The molecule has 0 spiro atoms. The second-order valence-corrected chi connectivity index (χ2v) is 11.1. The monoisotopic (exact) mass is 566 g/mol. The van der Waals surface area contributed by atoms with Crippen molar-refractivity contribution in [2.24, 2.45) is 0 Å². The lowest BCUT2D eigenvalue weighted by molar-refractivity contribution is 1.13. The average molecular weight is 567 g/mol. The first-order valence-corrected chi connectivity index (χ1v) is 13.8. The number of anilines is 2. The number of hydrogen-bond donors (Lipinski definition) is 0. The largest absolute Gasteiger partial charge is 0.378 e. The van der Waals surface area contributed by atoms with Gasteiger partial charge in [-0.3, -0.25) is 0 Å². The molecule has 0 amide bonds. The second-order valence-electron chi connectivity index (χ2n) is 11.1. The molecule has 0 bridgehead atoms. The minimum Gasteiger partial charge on any atom is -0.378 e. The van der Waals surface area contributed by atoms with E-state index < -0.39 is 0 Å². The molecule has 0 N–H and O–H groups in total. The van der Waals surface area contributed by atoms with Gasteiger partial charge in [-0.25, -0.2) is 30.2 Å². The van der Waals surface area contributed by atoms with Gasteiger partial charge in [-0.15, -0.1) is 0 Å². The van der Waals surface area contributed by atoms with Gasteiger partial charge in [0.25, 0.3) is 11.4 Å². The predicted octanol–water partition coefficient (Wildman–Crippen LogP) is 7.28. The fourth-order valence-electron chi connectivity index (χ4n) is 6.14. The fourth-order valence-corrected chi connectivity index (χ4v) is 6.14. The summed E-state index contributed by atoms with van der Waals surface area (Å²) in [6.45, 7) is 15.6. The number of aromatic nitrogens is 2. The van der Waals surface area contributed by atoms with Crippen LogP contribution in [0.5, 0.6) is 0 Å². The highest BCUT2D eigenvalue weighted by Gasteiger charge is 2.35. The van der Waals surface area contributed by atoms with E-state index in [-0.39, 0.29) is 11.4 Å². The lowest BCUT2D eigenvalue weighted by Crippen LogP contribution is -2.08. The highest BCUT2D eigenvalue weighted by atomic mass is 15.1. The maximum absolute atomic E-state index is 10.0. The number of nitriles is 2. The molecule has 44 heavy (non-hydrogen) atoms. The summed E-state index contributed by atoms with van der Waals surface area (Å²) in [5, 5.41) is 21.8. The van der Waals surface area contributed by atoms with Gasteiger partial charge < -0.3 is 9.80 Å². The molecule has 0 atom stereocenters. The van der Waals surface area contributed by atoms with E-state index in [0.29, 0.717) is 44.8 Å².